The lowest BCUT2D eigenvalue weighted by atomic mass is 10.3. The second-order valence-corrected chi connectivity index (χ2v) is 6.96. The monoisotopic (exact) mass is 321 g/mol. The topological polar surface area (TPSA) is 53.5 Å². The smallest absolute Gasteiger partial charge is 0.242 e. The maximum absolute atomic E-state index is 12.2. The number of hydrogen-bond acceptors (Lipinski definition) is 5. The molecular formula is C14H15N3O2S2. The zero-order valence-electron chi connectivity index (χ0n) is 11.6. The van der Waals surface area contributed by atoms with E-state index in [-0.39, 0.29) is 18.4 Å². The van der Waals surface area contributed by atoms with Crippen molar-refractivity contribution in [3.8, 4) is 0 Å². The highest BCUT2D eigenvalue weighted by molar-refractivity contribution is 8.00. The minimum Gasteiger partial charge on any atom is -0.337 e. The van der Waals surface area contributed by atoms with Gasteiger partial charge in [-0.25, -0.2) is 4.98 Å². The number of carbonyl (C=O) groups is 2. The van der Waals surface area contributed by atoms with Gasteiger partial charge in [-0.2, -0.15) is 0 Å². The molecule has 1 aliphatic heterocycles. The number of hydrogen-bond donors (Lipinski definition) is 0. The van der Waals surface area contributed by atoms with Crippen LogP contribution in [-0.2, 0) is 16.1 Å². The second kappa shape index (κ2) is 6.03. The van der Waals surface area contributed by atoms with Gasteiger partial charge in [-0.15, -0.1) is 23.1 Å². The van der Waals surface area contributed by atoms with Crippen molar-refractivity contribution < 1.29 is 9.59 Å². The first kappa shape index (κ1) is 14.3. The van der Waals surface area contributed by atoms with Crippen LogP contribution in [0, 0.1) is 0 Å². The van der Waals surface area contributed by atoms with Gasteiger partial charge in [0.2, 0.25) is 11.8 Å². The van der Waals surface area contributed by atoms with E-state index in [1.165, 1.54) is 0 Å². The maximum Gasteiger partial charge on any atom is 0.242 e. The van der Waals surface area contributed by atoms with Crippen LogP contribution in [0.1, 0.15) is 5.01 Å². The fourth-order valence-corrected chi connectivity index (χ4v) is 4.03. The van der Waals surface area contributed by atoms with E-state index in [1.54, 1.807) is 39.9 Å². The molecule has 1 fully saturated rings. The molecule has 1 aromatic carbocycles. The molecular weight excluding hydrogens is 306 g/mol. The highest BCUT2D eigenvalue weighted by atomic mass is 32.2. The summed E-state index contributed by atoms with van der Waals surface area (Å²) in [5.74, 6) is 1.08. The van der Waals surface area contributed by atoms with Gasteiger partial charge in [0.25, 0.3) is 0 Å². The van der Waals surface area contributed by atoms with Gasteiger partial charge in [0, 0.05) is 7.05 Å². The molecule has 2 aromatic rings. The van der Waals surface area contributed by atoms with E-state index < -0.39 is 0 Å². The normalized spacial score (nSPS) is 14.9. The summed E-state index contributed by atoms with van der Waals surface area (Å²) in [5, 5.41) is 0.911. The highest BCUT2D eigenvalue weighted by Gasteiger charge is 2.24. The zero-order valence-corrected chi connectivity index (χ0v) is 13.2. The van der Waals surface area contributed by atoms with Crippen LogP contribution in [0.4, 0.5) is 0 Å². The van der Waals surface area contributed by atoms with Crippen LogP contribution in [0.5, 0.6) is 0 Å². The molecule has 21 heavy (non-hydrogen) atoms. The van der Waals surface area contributed by atoms with Crippen molar-refractivity contribution in [1.29, 1.82) is 0 Å². The second-order valence-electron chi connectivity index (χ2n) is 4.89. The van der Waals surface area contributed by atoms with E-state index in [1.807, 2.05) is 24.3 Å². The largest absolute Gasteiger partial charge is 0.337 e. The number of para-hydroxylation sites is 1. The Bertz CT molecular complexity index is 653. The molecule has 0 unspecified atom stereocenters. The summed E-state index contributed by atoms with van der Waals surface area (Å²) in [6.07, 6.45) is 0. The van der Waals surface area contributed by atoms with Gasteiger partial charge in [0.15, 0.2) is 0 Å². The Morgan fingerprint density at radius 3 is 2.95 bits per heavy atom. The molecule has 0 aliphatic carbocycles. The summed E-state index contributed by atoms with van der Waals surface area (Å²) < 4.78 is 1.12. The van der Waals surface area contributed by atoms with Crippen LogP contribution in [-0.4, -0.2) is 51.8 Å². The van der Waals surface area contributed by atoms with Crippen molar-refractivity contribution in [1.82, 2.24) is 14.8 Å². The van der Waals surface area contributed by atoms with Crippen molar-refractivity contribution in [2.24, 2.45) is 0 Å². The molecule has 0 saturated carbocycles. The van der Waals surface area contributed by atoms with Crippen LogP contribution in [0.3, 0.4) is 0 Å². The molecule has 0 bridgehead atoms. The zero-order chi connectivity index (χ0) is 14.8. The lowest BCUT2D eigenvalue weighted by Gasteiger charge is -2.20. The lowest BCUT2D eigenvalue weighted by molar-refractivity contribution is -0.137. The molecule has 0 atom stereocenters. The average Bonchev–Trinajstić information content (AvgIpc) is 3.04. The third-order valence-corrected chi connectivity index (χ3v) is 5.25. The highest BCUT2D eigenvalue weighted by Crippen LogP contribution is 2.22. The SMILES string of the molecule is CN(Cc1nc2ccccc2s1)C(=O)CN1CSCC1=O. The van der Waals surface area contributed by atoms with Gasteiger partial charge in [-0.05, 0) is 12.1 Å². The Morgan fingerprint density at radius 2 is 2.24 bits per heavy atom. The van der Waals surface area contributed by atoms with Crippen molar-refractivity contribution in [2.75, 3.05) is 25.2 Å². The third-order valence-electron chi connectivity index (χ3n) is 3.29. The number of nitrogens with zero attached hydrogens (tertiary/aromatic N) is 3. The summed E-state index contributed by atoms with van der Waals surface area (Å²) in [4.78, 5) is 31.4. The van der Waals surface area contributed by atoms with Crippen LogP contribution in [0.2, 0.25) is 0 Å². The van der Waals surface area contributed by atoms with Crippen molar-refractivity contribution in [2.45, 2.75) is 6.54 Å². The first-order valence-corrected chi connectivity index (χ1v) is 8.54. The van der Waals surface area contributed by atoms with Gasteiger partial charge in [0.05, 0.1) is 28.4 Å². The maximum atomic E-state index is 12.2. The van der Waals surface area contributed by atoms with Gasteiger partial charge in [0.1, 0.15) is 11.6 Å². The fraction of sp³-hybridized carbons (Fsp3) is 0.357. The van der Waals surface area contributed by atoms with E-state index in [9.17, 15) is 9.59 Å². The Balaban J connectivity index is 1.63. The number of thiazole rings is 1. The van der Waals surface area contributed by atoms with Gasteiger partial charge < -0.3 is 9.80 Å². The van der Waals surface area contributed by atoms with Gasteiger partial charge in [-0.3, -0.25) is 9.59 Å². The predicted molar refractivity (Wildman–Crippen MR) is 85.1 cm³/mol. The predicted octanol–water partition coefficient (Wildman–Crippen LogP) is 1.79. The molecule has 0 spiro atoms. The minimum absolute atomic E-state index is 0.0433. The number of rotatable bonds is 4. The summed E-state index contributed by atoms with van der Waals surface area (Å²) >= 11 is 3.14. The number of thioether (sulfide) groups is 1. The number of fused-ring (bicyclic) bond motifs is 1. The quantitative estimate of drug-likeness (QED) is 0.861. The third kappa shape index (κ3) is 3.19. The molecule has 110 valence electrons. The summed E-state index contributed by atoms with van der Waals surface area (Å²) in [6, 6.07) is 7.93. The Labute approximate surface area is 130 Å². The standard InChI is InChI=1S/C14H15N3O2S2/c1-16(13(18)7-17-9-20-8-14(17)19)6-12-15-10-4-2-3-5-11(10)21-12/h2-5H,6-9H2,1H3. The number of aromatic nitrogens is 1. The summed E-state index contributed by atoms with van der Waals surface area (Å²) in [7, 11) is 1.75. The number of benzene rings is 1. The Hall–Kier alpha value is -1.60. The average molecular weight is 321 g/mol. The molecule has 1 aromatic heterocycles. The van der Waals surface area contributed by atoms with E-state index in [2.05, 4.69) is 4.98 Å². The number of carbonyl (C=O) groups excluding carboxylic acids is 2. The van der Waals surface area contributed by atoms with E-state index in [0.717, 1.165) is 15.2 Å². The molecule has 2 amide bonds. The van der Waals surface area contributed by atoms with Crippen LogP contribution >= 0.6 is 23.1 Å². The molecule has 1 aliphatic rings. The molecule has 7 heteroatoms. The van der Waals surface area contributed by atoms with E-state index in [4.69, 9.17) is 0 Å². The summed E-state index contributed by atoms with van der Waals surface area (Å²) in [6.45, 7) is 0.639. The van der Waals surface area contributed by atoms with Crippen LogP contribution in [0.15, 0.2) is 24.3 Å². The van der Waals surface area contributed by atoms with E-state index >= 15 is 0 Å². The molecule has 3 rings (SSSR count). The van der Waals surface area contributed by atoms with Crippen LogP contribution in [0.25, 0.3) is 10.2 Å². The first-order valence-electron chi connectivity index (χ1n) is 6.57. The molecule has 0 radical (unpaired) electrons. The Kier molecular flexibility index (Phi) is 4.12. The fourth-order valence-electron chi connectivity index (χ4n) is 2.10. The van der Waals surface area contributed by atoms with Gasteiger partial charge in [-0.1, -0.05) is 12.1 Å². The van der Waals surface area contributed by atoms with Crippen molar-refractivity contribution >= 4 is 45.1 Å². The minimum atomic E-state index is -0.0508. The first-order chi connectivity index (χ1) is 10.1. The number of likely N-dealkylation sites (N-methyl/N-ethyl adjacent to an activating group) is 1. The van der Waals surface area contributed by atoms with Crippen molar-refractivity contribution in [3.63, 3.8) is 0 Å². The molecule has 0 N–H and O–H groups in total. The van der Waals surface area contributed by atoms with Crippen LogP contribution < -0.4 is 0 Å². The molecule has 5 nitrogen and oxygen atoms in total. The summed E-state index contributed by atoms with van der Waals surface area (Å²) in [5.41, 5.74) is 0.962. The Morgan fingerprint density at radius 1 is 1.43 bits per heavy atom. The lowest BCUT2D eigenvalue weighted by Crippen LogP contribution is -2.38. The number of amides is 2. The van der Waals surface area contributed by atoms with E-state index in [0.29, 0.717) is 18.2 Å². The molecule has 1 saturated heterocycles. The van der Waals surface area contributed by atoms with Gasteiger partial charge >= 0.3 is 0 Å². The molecule has 2 heterocycles. The van der Waals surface area contributed by atoms with Crippen molar-refractivity contribution in [3.05, 3.63) is 29.3 Å².